The van der Waals surface area contributed by atoms with Gasteiger partial charge in [0.25, 0.3) is 0 Å². The summed E-state index contributed by atoms with van der Waals surface area (Å²) in [7, 11) is 0. The van der Waals surface area contributed by atoms with E-state index in [1.807, 2.05) is 44.2 Å². The lowest BCUT2D eigenvalue weighted by molar-refractivity contribution is 1.33. The molecule has 0 heterocycles. The van der Waals surface area contributed by atoms with E-state index >= 15 is 0 Å². The van der Waals surface area contributed by atoms with E-state index in [9.17, 15) is 0 Å². The van der Waals surface area contributed by atoms with Crippen molar-refractivity contribution >= 4 is 34.7 Å². The van der Waals surface area contributed by atoms with Gasteiger partial charge in [-0.2, -0.15) is 0 Å². The molecule has 3 nitrogen and oxygen atoms in total. The number of rotatable bonds is 4. The van der Waals surface area contributed by atoms with Crippen molar-refractivity contribution < 1.29 is 0 Å². The fraction of sp³-hybridized carbons (Fsp3) is 0.200. The van der Waals surface area contributed by atoms with Crippen LogP contribution in [-0.4, -0.2) is 4.71 Å². The van der Waals surface area contributed by atoms with Gasteiger partial charge in [0.2, 0.25) is 0 Å². The predicted octanol–water partition coefficient (Wildman–Crippen LogP) is 4.21. The molecule has 2 aromatic carbocycles. The van der Waals surface area contributed by atoms with Crippen LogP contribution in [0, 0.1) is 6.92 Å². The third-order valence-electron chi connectivity index (χ3n) is 3.00. The van der Waals surface area contributed by atoms with Crippen LogP contribution in [0.5, 0.6) is 0 Å². The summed E-state index contributed by atoms with van der Waals surface area (Å²) in [5.41, 5.74) is 13.5. The molecule has 0 bridgehead atoms. The van der Waals surface area contributed by atoms with Gasteiger partial charge in [-0.1, -0.05) is 12.1 Å². The van der Waals surface area contributed by atoms with Gasteiger partial charge in [0, 0.05) is 21.8 Å². The van der Waals surface area contributed by atoms with Crippen LogP contribution in [0.4, 0.5) is 11.4 Å². The Kier molecular flexibility index (Phi) is 4.81. The van der Waals surface area contributed by atoms with E-state index in [0.717, 1.165) is 33.0 Å². The molecule has 5 heteroatoms. The molecule has 0 amide bonds. The Labute approximate surface area is 128 Å². The lowest BCUT2D eigenvalue weighted by Crippen LogP contribution is -2.07. The highest BCUT2D eigenvalue weighted by Gasteiger charge is 2.09. The maximum atomic E-state index is 6.19. The van der Waals surface area contributed by atoms with Gasteiger partial charge in [-0.05, 0) is 49.2 Å². The summed E-state index contributed by atoms with van der Waals surface area (Å²) in [6, 6.07) is 12.1. The van der Waals surface area contributed by atoms with Gasteiger partial charge in [-0.25, -0.2) is 0 Å². The smallest absolute Gasteiger partial charge is 0.0807 e. The minimum absolute atomic E-state index is 0.0291. The fourth-order valence-corrected chi connectivity index (χ4v) is 3.08. The van der Waals surface area contributed by atoms with Crippen LogP contribution in [0.15, 0.2) is 41.3 Å². The molecule has 0 aromatic heterocycles. The van der Waals surface area contributed by atoms with Gasteiger partial charge in [0.15, 0.2) is 0 Å². The molecule has 0 saturated carbocycles. The lowest BCUT2D eigenvalue weighted by atomic mass is 10.00. The summed E-state index contributed by atoms with van der Waals surface area (Å²) < 4.78 is 0.0291. The largest absolute Gasteiger partial charge is 0.398 e. The number of thioether (sulfide) groups is 1. The highest BCUT2D eigenvalue weighted by Crippen LogP contribution is 2.34. The number of nitrogens with two attached hydrogens (primary N) is 2. The van der Waals surface area contributed by atoms with Gasteiger partial charge in [-0.15, -0.1) is 23.4 Å². The van der Waals surface area contributed by atoms with E-state index in [4.69, 9.17) is 23.2 Å². The van der Waals surface area contributed by atoms with E-state index in [1.165, 1.54) is 0 Å². The molecule has 2 aromatic rings. The summed E-state index contributed by atoms with van der Waals surface area (Å²) >= 11 is 7.64. The zero-order valence-electron chi connectivity index (χ0n) is 11.5. The summed E-state index contributed by atoms with van der Waals surface area (Å²) in [4.78, 5) is 1.12. The molecule has 1 atom stereocenters. The molecule has 0 saturated heterocycles. The number of nitrogen functional groups attached to an aromatic ring is 2. The van der Waals surface area contributed by atoms with E-state index in [0.29, 0.717) is 0 Å². The molecule has 1 unspecified atom stereocenters. The van der Waals surface area contributed by atoms with E-state index in [-0.39, 0.29) is 4.71 Å². The number of benzene rings is 2. The van der Waals surface area contributed by atoms with Gasteiger partial charge in [-0.3, -0.25) is 5.84 Å². The minimum atomic E-state index is 0.0291. The second kappa shape index (κ2) is 6.39. The maximum Gasteiger partial charge on any atom is 0.0807 e. The van der Waals surface area contributed by atoms with Crippen molar-refractivity contribution in [3.05, 3.63) is 42.0 Å². The standard InChI is InChI=1S/C15H18ClN3S/c1-9-6-12(19-18)8-14(15(9)17)11-4-3-5-13(7-11)20-10(2)16/h3-8,10,19H,17-18H2,1-2H3. The van der Waals surface area contributed by atoms with Crippen molar-refractivity contribution in [2.75, 3.05) is 11.2 Å². The van der Waals surface area contributed by atoms with Crippen molar-refractivity contribution in [3.8, 4) is 11.1 Å². The van der Waals surface area contributed by atoms with Gasteiger partial charge in [0.1, 0.15) is 0 Å². The van der Waals surface area contributed by atoms with Crippen LogP contribution < -0.4 is 17.0 Å². The van der Waals surface area contributed by atoms with Crippen LogP contribution in [0.2, 0.25) is 0 Å². The Morgan fingerprint density at radius 3 is 2.65 bits per heavy atom. The monoisotopic (exact) mass is 307 g/mol. The van der Waals surface area contributed by atoms with Gasteiger partial charge >= 0.3 is 0 Å². The van der Waals surface area contributed by atoms with E-state index in [1.54, 1.807) is 11.8 Å². The molecular formula is C15H18ClN3S. The number of nitrogens with one attached hydrogen (secondary N) is 1. The number of hydrogen-bond acceptors (Lipinski definition) is 4. The van der Waals surface area contributed by atoms with E-state index in [2.05, 4.69) is 11.5 Å². The van der Waals surface area contributed by atoms with Gasteiger partial charge in [0.05, 0.1) is 4.71 Å². The highest BCUT2D eigenvalue weighted by molar-refractivity contribution is 8.01. The zero-order valence-corrected chi connectivity index (χ0v) is 13.1. The molecule has 20 heavy (non-hydrogen) atoms. The maximum absolute atomic E-state index is 6.19. The zero-order chi connectivity index (χ0) is 14.7. The van der Waals surface area contributed by atoms with Crippen molar-refractivity contribution in [2.24, 2.45) is 5.84 Å². The summed E-state index contributed by atoms with van der Waals surface area (Å²) in [5.74, 6) is 5.50. The Balaban J connectivity index is 2.48. The Bertz CT molecular complexity index is 614. The topological polar surface area (TPSA) is 64.1 Å². The molecular weight excluding hydrogens is 290 g/mol. The van der Waals surface area contributed by atoms with Crippen molar-refractivity contribution in [2.45, 2.75) is 23.5 Å². The van der Waals surface area contributed by atoms with Crippen molar-refractivity contribution in [3.63, 3.8) is 0 Å². The number of hydrazine groups is 1. The summed E-state index contributed by atoms with van der Waals surface area (Å²) in [6.07, 6.45) is 0. The molecule has 0 fully saturated rings. The molecule has 106 valence electrons. The van der Waals surface area contributed by atoms with E-state index < -0.39 is 0 Å². The van der Waals surface area contributed by atoms with Crippen LogP contribution in [-0.2, 0) is 0 Å². The predicted molar refractivity (Wildman–Crippen MR) is 90.0 cm³/mol. The van der Waals surface area contributed by atoms with Crippen LogP contribution >= 0.6 is 23.4 Å². The third kappa shape index (κ3) is 3.39. The number of anilines is 2. The Morgan fingerprint density at radius 1 is 1.25 bits per heavy atom. The first-order valence-electron chi connectivity index (χ1n) is 6.29. The average molecular weight is 308 g/mol. The fourth-order valence-electron chi connectivity index (χ4n) is 2.04. The first-order chi connectivity index (χ1) is 9.51. The molecule has 0 aliphatic carbocycles. The lowest BCUT2D eigenvalue weighted by Gasteiger charge is -2.13. The van der Waals surface area contributed by atoms with Crippen LogP contribution in [0.3, 0.4) is 0 Å². The number of alkyl halides is 1. The second-order valence-electron chi connectivity index (χ2n) is 4.59. The molecule has 0 radical (unpaired) electrons. The third-order valence-corrected chi connectivity index (χ3v) is 4.12. The first-order valence-corrected chi connectivity index (χ1v) is 7.60. The van der Waals surface area contributed by atoms with Crippen LogP contribution in [0.25, 0.3) is 11.1 Å². The number of hydrogen-bond donors (Lipinski definition) is 3. The Hall–Kier alpha value is -1.36. The molecule has 0 spiro atoms. The first kappa shape index (κ1) is 15.0. The minimum Gasteiger partial charge on any atom is -0.398 e. The van der Waals surface area contributed by atoms with Gasteiger partial charge < -0.3 is 11.2 Å². The number of aryl methyl sites for hydroxylation is 1. The molecule has 0 aliphatic rings. The van der Waals surface area contributed by atoms with Crippen LogP contribution in [0.1, 0.15) is 12.5 Å². The van der Waals surface area contributed by atoms with Crippen molar-refractivity contribution in [1.29, 1.82) is 0 Å². The Morgan fingerprint density at radius 2 is 2.00 bits per heavy atom. The quantitative estimate of drug-likeness (QED) is 0.260. The molecule has 0 aliphatic heterocycles. The normalized spacial score (nSPS) is 12.2. The number of halogens is 1. The summed E-state index contributed by atoms with van der Waals surface area (Å²) in [6.45, 7) is 3.93. The summed E-state index contributed by atoms with van der Waals surface area (Å²) in [5, 5.41) is 0. The SMILES string of the molecule is Cc1cc(NN)cc(-c2cccc(SC(C)Cl)c2)c1N. The molecule has 2 rings (SSSR count). The second-order valence-corrected chi connectivity index (χ2v) is 6.92. The highest BCUT2D eigenvalue weighted by atomic mass is 35.5. The van der Waals surface area contributed by atoms with Crippen molar-refractivity contribution in [1.82, 2.24) is 0 Å². The molecule has 5 N–H and O–H groups in total. The average Bonchev–Trinajstić information content (AvgIpc) is 2.41.